The summed E-state index contributed by atoms with van der Waals surface area (Å²) in [6.07, 6.45) is 1.77. The van der Waals surface area contributed by atoms with Crippen LogP contribution in [0.1, 0.15) is 0 Å². The number of ether oxygens (including phenoxy) is 2. The maximum absolute atomic E-state index is 15.3. The molecule has 0 bridgehead atoms. The molecule has 1 aromatic heterocycles. The summed E-state index contributed by atoms with van der Waals surface area (Å²) < 4.78 is 26.5. The van der Waals surface area contributed by atoms with Crippen molar-refractivity contribution in [2.24, 2.45) is 0 Å². The molecule has 3 heterocycles. The van der Waals surface area contributed by atoms with E-state index in [9.17, 15) is 0 Å². The van der Waals surface area contributed by atoms with Gasteiger partial charge in [0.25, 0.3) is 0 Å². The van der Waals surface area contributed by atoms with Gasteiger partial charge in [-0.1, -0.05) is 18.2 Å². The molecule has 39 heavy (non-hydrogen) atoms. The third-order valence-electron chi connectivity index (χ3n) is 7.23. The highest BCUT2D eigenvalue weighted by Crippen LogP contribution is 2.32. The van der Waals surface area contributed by atoms with E-state index in [1.54, 1.807) is 12.3 Å². The quantitative estimate of drug-likeness (QED) is 0.351. The molecular weight excluding hydrogens is 495 g/mol. The summed E-state index contributed by atoms with van der Waals surface area (Å²) >= 11 is 0. The zero-order valence-electron chi connectivity index (χ0n) is 21.9. The Morgan fingerprint density at radius 3 is 2.56 bits per heavy atom. The van der Waals surface area contributed by atoms with E-state index in [4.69, 9.17) is 14.5 Å². The summed E-state index contributed by atoms with van der Waals surface area (Å²) in [4.78, 5) is 13.9. The van der Waals surface area contributed by atoms with Crippen LogP contribution in [0.5, 0.6) is 5.75 Å². The first-order chi connectivity index (χ1) is 19.2. The Bertz CT molecular complexity index is 1400. The summed E-state index contributed by atoms with van der Waals surface area (Å²) in [5, 5.41) is 7.52. The van der Waals surface area contributed by atoms with Crippen molar-refractivity contribution in [1.29, 1.82) is 0 Å². The second-order valence-electron chi connectivity index (χ2n) is 9.79. The van der Waals surface area contributed by atoms with Crippen LogP contribution in [-0.4, -0.2) is 80.5 Å². The van der Waals surface area contributed by atoms with Crippen LogP contribution in [0.15, 0.2) is 66.9 Å². The number of hydrogen-bond acceptors (Lipinski definition) is 8. The second kappa shape index (κ2) is 11.9. The molecule has 2 N–H and O–H groups in total. The summed E-state index contributed by atoms with van der Waals surface area (Å²) in [7, 11) is 0. The molecule has 2 aliphatic heterocycles. The lowest BCUT2D eigenvalue weighted by molar-refractivity contribution is 0.0322. The van der Waals surface area contributed by atoms with E-state index in [0.29, 0.717) is 34.9 Å². The molecule has 0 unspecified atom stereocenters. The topological polar surface area (TPSA) is 74.8 Å². The monoisotopic (exact) mass is 528 g/mol. The van der Waals surface area contributed by atoms with Crippen molar-refractivity contribution in [2.45, 2.75) is 0 Å². The third kappa shape index (κ3) is 6.11. The molecule has 0 atom stereocenters. The number of anilines is 3. The number of nitrogens with zero attached hydrogens (tertiary/aromatic N) is 4. The Balaban J connectivity index is 1.17. The van der Waals surface area contributed by atoms with Gasteiger partial charge < -0.3 is 25.0 Å². The Morgan fingerprint density at radius 2 is 1.77 bits per heavy atom. The van der Waals surface area contributed by atoms with E-state index in [2.05, 4.69) is 37.6 Å². The molecule has 2 fully saturated rings. The van der Waals surface area contributed by atoms with E-state index >= 15 is 4.39 Å². The molecule has 8 nitrogen and oxygen atoms in total. The van der Waals surface area contributed by atoms with Crippen LogP contribution in [0.2, 0.25) is 0 Å². The van der Waals surface area contributed by atoms with Crippen LogP contribution in [0.4, 0.5) is 21.7 Å². The first-order valence-electron chi connectivity index (χ1n) is 13.5. The minimum Gasteiger partial charge on any atom is -0.492 e. The van der Waals surface area contributed by atoms with Crippen LogP contribution in [0, 0.1) is 5.82 Å². The first-order valence-corrected chi connectivity index (χ1v) is 13.5. The lowest BCUT2D eigenvalue weighted by Crippen LogP contribution is -2.43. The number of nitrogens with one attached hydrogen (secondary N) is 2. The fourth-order valence-corrected chi connectivity index (χ4v) is 5.06. The average Bonchev–Trinajstić information content (AvgIpc) is 2.98. The van der Waals surface area contributed by atoms with Gasteiger partial charge >= 0.3 is 0 Å². The fraction of sp³-hybridized carbons (Fsp3) is 0.333. The predicted octanol–water partition coefficient (Wildman–Crippen LogP) is 4.30. The molecule has 0 amide bonds. The van der Waals surface area contributed by atoms with Gasteiger partial charge in [0.2, 0.25) is 5.95 Å². The molecule has 4 aromatic rings. The van der Waals surface area contributed by atoms with E-state index in [-0.39, 0.29) is 5.82 Å². The predicted molar refractivity (Wildman–Crippen MR) is 152 cm³/mol. The standard InChI is InChI=1S/C30H33FN6O2/c31-28-20-25(39-19-16-36-14-17-38-18-15-36)8-9-26(28)27-3-1-2-22-21-33-30(35-29(22)27)34-23-4-6-24(7-5-23)37-12-10-32-11-13-37/h1-9,20-21,32H,10-19H2,(H,33,34,35). The number of hydrogen-bond donors (Lipinski definition) is 2. The molecular formula is C30H33FN6O2. The smallest absolute Gasteiger partial charge is 0.227 e. The average molecular weight is 529 g/mol. The van der Waals surface area contributed by atoms with Gasteiger partial charge in [0.15, 0.2) is 0 Å². The SMILES string of the molecule is Fc1cc(OCCN2CCOCC2)ccc1-c1cccc2cnc(Nc3ccc(N4CCNCC4)cc3)nc12. The number of morpholine rings is 1. The second-order valence-corrected chi connectivity index (χ2v) is 9.79. The van der Waals surface area contributed by atoms with Gasteiger partial charge in [0.05, 0.1) is 18.7 Å². The van der Waals surface area contributed by atoms with Crippen LogP contribution < -0.4 is 20.3 Å². The number of halogens is 1. The van der Waals surface area contributed by atoms with Crippen molar-refractivity contribution in [2.75, 3.05) is 75.9 Å². The number of aromatic nitrogens is 2. The van der Waals surface area contributed by atoms with E-state index < -0.39 is 0 Å². The highest BCUT2D eigenvalue weighted by molar-refractivity contribution is 5.94. The lowest BCUT2D eigenvalue weighted by atomic mass is 10.0. The van der Waals surface area contributed by atoms with Gasteiger partial charge in [-0.15, -0.1) is 0 Å². The highest BCUT2D eigenvalue weighted by Gasteiger charge is 2.14. The number of benzene rings is 3. The zero-order chi connectivity index (χ0) is 26.4. The molecule has 0 spiro atoms. The molecule has 2 saturated heterocycles. The summed E-state index contributed by atoms with van der Waals surface area (Å²) in [6.45, 7) is 8.60. The Morgan fingerprint density at radius 1 is 0.949 bits per heavy atom. The van der Waals surface area contributed by atoms with Crippen LogP contribution in [0.25, 0.3) is 22.0 Å². The third-order valence-corrected chi connectivity index (χ3v) is 7.23. The summed E-state index contributed by atoms with van der Waals surface area (Å²) in [6, 6.07) is 19.0. The van der Waals surface area contributed by atoms with Crippen LogP contribution in [-0.2, 0) is 4.74 Å². The molecule has 2 aliphatic rings. The minimum atomic E-state index is -0.344. The summed E-state index contributed by atoms with van der Waals surface area (Å²) in [5.41, 5.74) is 3.98. The van der Waals surface area contributed by atoms with Gasteiger partial charge in [-0.25, -0.2) is 14.4 Å². The Hall–Kier alpha value is -3.79. The van der Waals surface area contributed by atoms with Crippen molar-refractivity contribution in [3.05, 3.63) is 72.7 Å². The van der Waals surface area contributed by atoms with Crippen molar-refractivity contribution < 1.29 is 13.9 Å². The molecule has 0 aliphatic carbocycles. The molecule has 9 heteroatoms. The minimum absolute atomic E-state index is 0.344. The largest absolute Gasteiger partial charge is 0.492 e. The maximum Gasteiger partial charge on any atom is 0.227 e. The van der Waals surface area contributed by atoms with Crippen molar-refractivity contribution >= 4 is 28.2 Å². The number of fused-ring (bicyclic) bond motifs is 1. The Labute approximate surface area is 227 Å². The van der Waals surface area contributed by atoms with Crippen LogP contribution >= 0.6 is 0 Å². The van der Waals surface area contributed by atoms with Gasteiger partial charge in [-0.3, -0.25) is 4.90 Å². The number of rotatable bonds is 8. The first kappa shape index (κ1) is 25.5. The Kier molecular flexibility index (Phi) is 7.80. The maximum atomic E-state index is 15.3. The van der Waals surface area contributed by atoms with E-state index in [1.165, 1.54) is 11.8 Å². The zero-order valence-corrected chi connectivity index (χ0v) is 21.9. The van der Waals surface area contributed by atoms with Crippen molar-refractivity contribution in [3.63, 3.8) is 0 Å². The molecule has 6 rings (SSSR count). The highest BCUT2D eigenvalue weighted by atomic mass is 19.1. The van der Waals surface area contributed by atoms with E-state index in [1.807, 2.05) is 36.4 Å². The van der Waals surface area contributed by atoms with Gasteiger partial charge in [-0.05, 0) is 36.4 Å². The lowest BCUT2D eigenvalue weighted by Gasteiger charge is -2.29. The van der Waals surface area contributed by atoms with E-state index in [0.717, 1.165) is 70.1 Å². The fourth-order valence-electron chi connectivity index (χ4n) is 5.06. The molecule has 202 valence electrons. The van der Waals surface area contributed by atoms with Gasteiger partial charge in [0.1, 0.15) is 18.2 Å². The number of piperazine rings is 1. The normalized spacial score (nSPS) is 16.4. The molecule has 3 aromatic carbocycles. The van der Waals surface area contributed by atoms with Gasteiger partial charge in [0, 0.05) is 86.0 Å². The summed E-state index contributed by atoms with van der Waals surface area (Å²) in [5.74, 6) is 0.641. The van der Waals surface area contributed by atoms with Crippen LogP contribution in [0.3, 0.4) is 0 Å². The molecule has 0 saturated carbocycles. The molecule has 0 radical (unpaired) electrons. The van der Waals surface area contributed by atoms with Crippen molar-refractivity contribution in [1.82, 2.24) is 20.2 Å². The van der Waals surface area contributed by atoms with Crippen molar-refractivity contribution in [3.8, 4) is 16.9 Å². The van der Waals surface area contributed by atoms with Gasteiger partial charge in [-0.2, -0.15) is 0 Å². The number of para-hydroxylation sites is 1.